The van der Waals surface area contributed by atoms with Crippen molar-refractivity contribution in [1.29, 1.82) is 0 Å². The van der Waals surface area contributed by atoms with Crippen LogP contribution in [0.2, 0.25) is 0 Å². The van der Waals surface area contributed by atoms with Gasteiger partial charge in [-0.1, -0.05) is 53.5 Å². The lowest BCUT2D eigenvalue weighted by atomic mass is 10.2. The van der Waals surface area contributed by atoms with E-state index in [0.29, 0.717) is 0 Å². The molecule has 82 valence electrons. The molecular formula is C10H9BrCl2O2. The van der Waals surface area contributed by atoms with Crippen LogP contribution in [0.4, 0.5) is 0 Å². The van der Waals surface area contributed by atoms with E-state index in [4.69, 9.17) is 27.9 Å². The zero-order valence-corrected chi connectivity index (χ0v) is 10.8. The van der Waals surface area contributed by atoms with Crippen molar-refractivity contribution in [2.75, 3.05) is 0 Å². The summed E-state index contributed by atoms with van der Waals surface area (Å²) in [6, 6.07) is 9.39. The Morgan fingerprint density at radius 1 is 1.33 bits per heavy atom. The number of hydrogen-bond acceptors (Lipinski definition) is 2. The second-order valence-electron chi connectivity index (χ2n) is 2.94. The molecule has 0 aliphatic rings. The summed E-state index contributed by atoms with van der Waals surface area (Å²) in [4.78, 5) is 11.2. The Bertz CT molecular complexity index is 322. The Hall–Kier alpha value is -0.250. The molecule has 2 nitrogen and oxygen atoms in total. The summed E-state index contributed by atoms with van der Waals surface area (Å²) in [5.74, 6) is -0.444. The highest BCUT2D eigenvalue weighted by Crippen LogP contribution is 2.32. The Labute approximate surface area is 107 Å². The van der Waals surface area contributed by atoms with E-state index in [9.17, 15) is 4.79 Å². The number of hydrogen-bond donors (Lipinski definition) is 0. The fourth-order valence-corrected chi connectivity index (χ4v) is 1.40. The molecule has 0 aliphatic carbocycles. The third-order valence-corrected chi connectivity index (χ3v) is 2.14. The summed E-state index contributed by atoms with van der Waals surface area (Å²) in [6.07, 6.45) is -0.0943. The van der Waals surface area contributed by atoms with Crippen molar-refractivity contribution in [2.24, 2.45) is 0 Å². The maximum Gasteiger partial charge on any atom is 0.310 e. The second kappa shape index (κ2) is 5.73. The van der Waals surface area contributed by atoms with Gasteiger partial charge in [-0.3, -0.25) is 4.79 Å². The molecule has 0 saturated carbocycles. The number of carbonyl (C=O) groups excluding carboxylic acids is 1. The Kier molecular flexibility index (Phi) is 4.90. The highest BCUT2D eigenvalue weighted by atomic mass is 79.9. The van der Waals surface area contributed by atoms with Crippen LogP contribution in [0, 0.1) is 0 Å². The number of esters is 1. The van der Waals surface area contributed by atoms with Crippen LogP contribution >= 0.6 is 39.1 Å². The van der Waals surface area contributed by atoms with E-state index in [0.717, 1.165) is 5.56 Å². The van der Waals surface area contributed by atoms with Gasteiger partial charge in [-0.2, -0.15) is 0 Å². The lowest BCUT2D eigenvalue weighted by molar-refractivity contribution is -0.144. The van der Waals surface area contributed by atoms with E-state index in [2.05, 4.69) is 15.9 Å². The molecule has 15 heavy (non-hydrogen) atoms. The van der Waals surface area contributed by atoms with Crippen LogP contribution in [0.5, 0.6) is 0 Å². The molecular weight excluding hydrogens is 303 g/mol. The molecule has 1 aromatic rings. The SMILES string of the molecule is O=C(CC(Cl)(Cl)Br)OCc1ccccc1. The van der Waals surface area contributed by atoms with Crippen molar-refractivity contribution in [3.63, 3.8) is 0 Å². The lowest BCUT2D eigenvalue weighted by Crippen LogP contribution is -2.13. The Morgan fingerprint density at radius 3 is 2.47 bits per heavy atom. The van der Waals surface area contributed by atoms with Gasteiger partial charge in [0.1, 0.15) is 6.61 Å². The average molecular weight is 312 g/mol. The highest BCUT2D eigenvalue weighted by Gasteiger charge is 2.24. The van der Waals surface area contributed by atoms with E-state index in [1.54, 1.807) is 0 Å². The summed E-state index contributed by atoms with van der Waals surface area (Å²) in [5.41, 5.74) is 0.926. The van der Waals surface area contributed by atoms with Crippen LogP contribution in [0.15, 0.2) is 30.3 Å². The van der Waals surface area contributed by atoms with Crippen LogP contribution in [-0.2, 0) is 16.1 Å². The fraction of sp³-hybridized carbons (Fsp3) is 0.300. The normalized spacial score (nSPS) is 11.1. The standard InChI is InChI=1S/C10H9BrCl2O2/c11-10(12,13)6-9(14)15-7-8-4-2-1-3-5-8/h1-5H,6-7H2. The Morgan fingerprint density at radius 2 is 1.93 bits per heavy atom. The predicted molar refractivity (Wildman–Crippen MR) is 64.2 cm³/mol. The molecule has 1 aromatic carbocycles. The molecule has 1 rings (SSSR count). The van der Waals surface area contributed by atoms with Crippen molar-refractivity contribution >= 4 is 45.1 Å². The fourth-order valence-electron chi connectivity index (χ4n) is 0.953. The number of ether oxygens (including phenoxy) is 1. The molecule has 0 amide bonds. The Balaban J connectivity index is 2.35. The monoisotopic (exact) mass is 310 g/mol. The van der Waals surface area contributed by atoms with Gasteiger partial charge in [0, 0.05) is 0 Å². The van der Waals surface area contributed by atoms with Crippen molar-refractivity contribution < 1.29 is 9.53 Å². The maximum absolute atomic E-state index is 11.2. The predicted octanol–water partition coefficient (Wildman–Crippen LogP) is 3.65. The number of benzene rings is 1. The summed E-state index contributed by atoms with van der Waals surface area (Å²) >= 11 is 14.1. The van der Waals surface area contributed by atoms with Gasteiger partial charge in [-0.25, -0.2) is 0 Å². The summed E-state index contributed by atoms with van der Waals surface area (Å²) in [7, 11) is 0. The van der Waals surface area contributed by atoms with E-state index in [-0.39, 0.29) is 13.0 Å². The summed E-state index contributed by atoms with van der Waals surface area (Å²) in [5, 5.41) is 0. The van der Waals surface area contributed by atoms with Crippen molar-refractivity contribution in [1.82, 2.24) is 0 Å². The molecule has 0 aromatic heterocycles. The first-order valence-electron chi connectivity index (χ1n) is 4.24. The van der Waals surface area contributed by atoms with E-state index in [1.165, 1.54) is 0 Å². The molecule has 0 fully saturated rings. The van der Waals surface area contributed by atoms with Crippen LogP contribution in [0.25, 0.3) is 0 Å². The first-order valence-corrected chi connectivity index (χ1v) is 5.78. The van der Waals surface area contributed by atoms with Crippen LogP contribution in [0.1, 0.15) is 12.0 Å². The third-order valence-electron chi connectivity index (χ3n) is 1.59. The molecule has 0 atom stereocenters. The maximum atomic E-state index is 11.2. The smallest absolute Gasteiger partial charge is 0.310 e. The largest absolute Gasteiger partial charge is 0.461 e. The number of halogens is 3. The average Bonchev–Trinajstić information content (AvgIpc) is 2.14. The third kappa shape index (κ3) is 6.03. The molecule has 0 spiro atoms. The van der Waals surface area contributed by atoms with Gasteiger partial charge < -0.3 is 4.74 Å². The minimum atomic E-state index is -1.25. The first kappa shape index (κ1) is 12.8. The van der Waals surface area contributed by atoms with E-state index >= 15 is 0 Å². The van der Waals surface area contributed by atoms with Gasteiger partial charge in [-0.05, 0) is 21.5 Å². The first-order chi connectivity index (χ1) is 6.97. The zero-order valence-electron chi connectivity index (χ0n) is 7.75. The van der Waals surface area contributed by atoms with Gasteiger partial charge in [0.05, 0.1) is 6.42 Å². The molecule has 0 saturated heterocycles. The zero-order chi connectivity index (χ0) is 11.3. The van der Waals surface area contributed by atoms with Crippen molar-refractivity contribution in [3.05, 3.63) is 35.9 Å². The molecule has 5 heteroatoms. The topological polar surface area (TPSA) is 26.3 Å². The molecule has 0 unspecified atom stereocenters. The summed E-state index contributed by atoms with van der Waals surface area (Å²) in [6.45, 7) is 0.233. The number of alkyl halides is 3. The summed E-state index contributed by atoms with van der Waals surface area (Å²) < 4.78 is 3.72. The van der Waals surface area contributed by atoms with Gasteiger partial charge in [0.15, 0.2) is 3.24 Å². The quantitative estimate of drug-likeness (QED) is 0.627. The van der Waals surface area contributed by atoms with Gasteiger partial charge in [0.25, 0.3) is 0 Å². The second-order valence-corrected chi connectivity index (χ2v) is 6.69. The molecule has 0 radical (unpaired) electrons. The number of rotatable bonds is 4. The van der Waals surface area contributed by atoms with Gasteiger partial charge in [-0.15, -0.1) is 0 Å². The van der Waals surface area contributed by atoms with Crippen molar-refractivity contribution in [2.45, 2.75) is 16.3 Å². The molecule has 0 heterocycles. The van der Waals surface area contributed by atoms with E-state index in [1.807, 2.05) is 30.3 Å². The van der Waals surface area contributed by atoms with Gasteiger partial charge >= 0.3 is 5.97 Å². The minimum absolute atomic E-state index is 0.0943. The van der Waals surface area contributed by atoms with Crippen LogP contribution in [0.3, 0.4) is 0 Å². The van der Waals surface area contributed by atoms with Gasteiger partial charge in [0.2, 0.25) is 0 Å². The minimum Gasteiger partial charge on any atom is -0.461 e. The number of carbonyl (C=O) groups is 1. The highest BCUT2D eigenvalue weighted by molar-refractivity contribution is 9.11. The molecule has 0 N–H and O–H groups in total. The van der Waals surface area contributed by atoms with E-state index < -0.39 is 9.21 Å². The molecule has 0 bridgehead atoms. The van der Waals surface area contributed by atoms with Crippen LogP contribution in [-0.4, -0.2) is 9.21 Å². The van der Waals surface area contributed by atoms with Crippen LogP contribution < -0.4 is 0 Å². The van der Waals surface area contributed by atoms with Crippen molar-refractivity contribution in [3.8, 4) is 0 Å². The lowest BCUT2D eigenvalue weighted by Gasteiger charge is -2.10. The molecule has 0 aliphatic heterocycles.